The number of likely N-dealkylation sites (tertiary alicyclic amines) is 1. The largest absolute Gasteiger partial charge is 0.358 e. The summed E-state index contributed by atoms with van der Waals surface area (Å²) in [5.41, 5.74) is 1.11. The maximum atomic E-state index is 12.0. The van der Waals surface area contributed by atoms with Crippen LogP contribution in [0.2, 0.25) is 0 Å². The van der Waals surface area contributed by atoms with Gasteiger partial charge in [0.1, 0.15) is 0 Å². The second kappa shape index (κ2) is 6.88. The number of rotatable bonds is 5. The van der Waals surface area contributed by atoms with E-state index in [1.165, 1.54) is 11.9 Å². The van der Waals surface area contributed by atoms with E-state index in [2.05, 4.69) is 10.6 Å². The highest BCUT2D eigenvalue weighted by molar-refractivity contribution is 5.89. The molecule has 6 nitrogen and oxygen atoms in total. The molecule has 0 aromatic heterocycles. The quantitative estimate of drug-likeness (QED) is 0.792. The highest BCUT2D eigenvalue weighted by Crippen LogP contribution is 2.27. The minimum atomic E-state index is -0.319. The lowest BCUT2D eigenvalue weighted by molar-refractivity contribution is -0.133. The van der Waals surface area contributed by atoms with Gasteiger partial charge in [0.05, 0.1) is 13.1 Å². The predicted molar refractivity (Wildman–Crippen MR) is 77.5 cm³/mol. The molecule has 0 aliphatic carbocycles. The van der Waals surface area contributed by atoms with Crippen LogP contribution in [-0.4, -0.2) is 49.3 Å². The molecule has 6 heteroatoms. The predicted octanol–water partition coefficient (Wildman–Crippen LogP) is -0.135. The number of likely N-dealkylation sites (N-methyl/N-ethyl adjacent to an activating group) is 1. The zero-order valence-electron chi connectivity index (χ0n) is 12.0. The SMILES string of the molecule is CNC(=O)CNC(=O)CN1C[C@@H](c2ccccc2)CC1=O. The first kappa shape index (κ1) is 15.0. The number of carbonyl (C=O) groups is 3. The average molecular weight is 289 g/mol. The van der Waals surface area contributed by atoms with Gasteiger partial charge in [-0.15, -0.1) is 0 Å². The molecule has 2 rings (SSSR count). The molecule has 1 aromatic rings. The van der Waals surface area contributed by atoms with Crippen LogP contribution < -0.4 is 10.6 Å². The lowest BCUT2D eigenvalue weighted by Crippen LogP contribution is -2.41. The van der Waals surface area contributed by atoms with Crippen molar-refractivity contribution in [3.63, 3.8) is 0 Å². The van der Waals surface area contributed by atoms with Crippen molar-refractivity contribution in [3.05, 3.63) is 35.9 Å². The molecule has 112 valence electrons. The van der Waals surface area contributed by atoms with Crippen molar-refractivity contribution >= 4 is 17.7 Å². The first-order valence-corrected chi connectivity index (χ1v) is 6.90. The van der Waals surface area contributed by atoms with Crippen LogP contribution in [0, 0.1) is 0 Å². The molecule has 0 radical (unpaired) electrons. The summed E-state index contributed by atoms with van der Waals surface area (Å²) in [6.45, 7) is 0.467. The van der Waals surface area contributed by atoms with Gasteiger partial charge in [-0.25, -0.2) is 0 Å². The smallest absolute Gasteiger partial charge is 0.240 e. The molecule has 2 N–H and O–H groups in total. The summed E-state index contributed by atoms with van der Waals surface area (Å²) in [4.78, 5) is 36.3. The molecule has 0 bridgehead atoms. The molecule has 1 aliphatic heterocycles. The minimum absolute atomic E-state index is 0.000832. The molecule has 21 heavy (non-hydrogen) atoms. The summed E-state index contributed by atoms with van der Waals surface area (Å²) in [5.74, 6) is -0.483. The Balaban J connectivity index is 1.86. The fourth-order valence-corrected chi connectivity index (χ4v) is 2.37. The Labute approximate surface area is 123 Å². The van der Waals surface area contributed by atoms with Crippen LogP contribution in [0.4, 0.5) is 0 Å². The fraction of sp³-hybridized carbons (Fsp3) is 0.400. The first-order chi connectivity index (χ1) is 10.1. The van der Waals surface area contributed by atoms with E-state index in [1.54, 1.807) is 0 Å². The summed E-state index contributed by atoms with van der Waals surface area (Å²) >= 11 is 0. The molecule has 0 saturated carbocycles. The zero-order chi connectivity index (χ0) is 15.2. The van der Waals surface area contributed by atoms with E-state index in [-0.39, 0.29) is 36.7 Å². The number of nitrogens with zero attached hydrogens (tertiary/aromatic N) is 1. The Hall–Kier alpha value is -2.37. The molecule has 1 aliphatic rings. The van der Waals surface area contributed by atoms with Crippen molar-refractivity contribution < 1.29 is 14.4 Å². The average Bonchev–Trinajstić information content (AvgIpc) is 2.86. The van der Waals surface area contributed by atoms with E-state index in [9.17, 15) is 14.4 Å². The second-order valence-electron chi connectivity index (χ2n) is 5.04. The molecule has 1 atom stereocenters. The van der Waals surface area contributed by atoms with Gasteiger partial charge in [0, 0.05) is 25.9 Å². The number of benzene rings is 1. The number of hydrogen-bond acceptors (Lipinski definition) is 3. The second-order valence-corrected chi connectivity index (χ2v) is 5.04. The first-order valence-electron chi connectivity index (χ1n) is 6.90. The van der Waals surface area contributed by atoms with Crippen molar-refractivity contribution in [1.82, 2.24) is 15.5 Å². The molecular formula is C15H19N3O3. The normalized spacial score (nSPS) is 17.7. The van der Waals surface area contributed by atoms with Gasteiger partial charge >= 0.3 is 0 Å². The van der Waals surface area contributed by atoms with E-state index in [0.29, 0.717) is 13.0 Å². The van der Waals surface area contributed by atoms with Gasteiger partial charge in [-0.2, -0.15) is 0 Å². The van der Waals surface area contributed by atoms with Gasteiger partial charge in [-0.1, -0.05) is 30.3 Å². The van der Waals surface area contributed by atoms with Crippen LogP contribution in [0.3, 0.4) is 0 Å². The van der Waals surface area contributed by atoms with Crippen LogP contribution in [0.15, 0.2) is 30.3 Å². The third-order valence-corrected chi connectivity index (χ3v) is 3.54. The monoisotopic (exact) mass is 289 g/mol. The number of amides is 3. The summed E-state index contributed by atoms with van der Waals surface area (Å²) in [6.07, 6.45) is 0.423. The Morgan fingerprint density at radius 3 is 2.62 bits per heavy atom. The summed E-state index contributed by atoms with van der Waals surface area (Å²) < 4.78 is 0. The maximum Gasteiger partial charge on any atom is 0.240 e. The van der Waals surface area contributed by atoms with Crippen molar-refractivity contribution in [2.45, 2.75) is 12.3 Å². The van der Waals surface area contributed by atoms with Gasteiger partial charge in [-0.05, 0) is 5.56 Å². The Bertz CT molecular complexity index is 530. The molecule has 0 unspecified atom stereocenters. The molecule has 1 aromatic carbocycles. The molecular weight excluding hydrogens is 270 g/mol. The summed E-state index contributed by atoms with van der Waals surface area (Å²) in [5, 5.41) is 4.91. The third-order valence-electron chi connectivity index (χ3n) is 3.54. The van der Waals surface area contributed by atoms with Gasteiger partial charge in [-0.3, -0.25) is 14.4 Å². The van der Waals surface area contributed by atoms with Gasteiger partial charge < -0.3 is 15.5 Å². The number of nitrogens with one attached hydrogen (secondary N) is 2. The topological polar surface area (TPSA) is 78.5 Å². The lowest BCUT2D eigenvalue weighted by Gasteiger charge is -2.16. The number of carbonyl (C=O) groups excluding carboxylic acids is 3. The van der Waals surface area contributed by atoms with E-state index in [0.717, 1.165) is 5.56 Å². The zero-order valence-corrected chi connectivity index (χ0v) is 12.0. The van der Waals surface area contributed by atoms with Crippen molar-refractivity contribution in [2.75, 3.05) is 26.7 Å². The highest BCUT2D eigenvalue weighted by atomic mass is 16.2. The number of hydrogen-bond donors (Lipinski definition) is 2. The van der Waals surface area contributed by atoms with Gasteiger partial charge in [0.15, 0.2) is 0 Å². The van der Waals surface area contributed by atoms with Crippen LogP contribution in [0.5, 0.6) is 0 Å². The molecule has 3 amide bonds. The van der Waals surface area contributed by atoms with E-state index in [4.69, 9.17) is 0 Å². The van der Waals surface area contributed by atoms with Crippen LogP contribution >= 0.6 is 0 Å². The maximum absolute atomic E-state index is 12.0. The molecule has 1 fully saturated rings. The van der Waals surface area contributed by atoms with E-state index in [1.807, 2.05) is 30.3 Å². The van der Waals surface area contributed by atoms with Gasteiger partial charge in [0.25, 0.3) is 0 Å². The Morgan fingerprint density at radius 1 is 1.24 bits per heavy atom. The van der Waals surface area contributed by atoms with Crippen molar-refractivity contribution in [3.8, 4) is 0 Å². The summed E-state index contributed by atoms with van der Waals surface area (Å²) in [7, 11) is 1.50. The van der Waals surface area contributed by atoms with E-state index >= 15 is 0 Å². The fourth-order valence-electron chi connectivity index (χ4n) is 2.37. The highest BCUT2D eigenvalue weighted by Gasteiger charge is 2.31. The third kappa shape index (κ3) is 4.05. The standard InChI is InChI=1S/C15H19N3O3/c1-16-13(19)8-17-14(20)10-18-9-12(7-15(18)21)11-5-3-2-4-6-11/h2-6,12H,7-10H2,1H3,(H,16,19)(H,17,20)/t12-/m0/s1. The van der Waals surface area contributed by atoms with E-state index < -0.39 is 0 Å². The summed E-state index contributed by atoms with van der Waals surface area (Å²) in [6, 6.07) is 9.81. The molecule has 1 saturated heterocycles. The molecule has 0 spiro atoms. The van der Waals surface area contributed by atoms with Crippen LogP contribution in [0.25, 0.3) is 0 Å². The van der Waals surface area contributed by atoms with Gasteiger partial charge in [0.2, 0.25) is 17.7 Å². The Kier molecular flexibility index (Phi) is 4.92. The Morgan fingerprint density at radius 2 is 1.95 bits per heavy atom. The van der Waals surface area contributed by atoms with Crippen LogP contribution in [-0.2, 0) is 14.4 Å². The minimum Gasteiger partial charge on any atom is -0.358 e. The molecule has 1 heterocycles. The van der Waals surface area contributed by atoms with Crippen molar-refractivity contribution in [1.29, 1.82) is 0 Å². The van der Waals surface area contributed by atoms with Crippen LogP contribution in [0.1, 0.15) is 17.9 Å². The van der Waals surface area contributed by atoms with Crippen molar-refractivity contribution in [2.24, 2.45) is 0 Å². The lowest BCUT2D eigenvalue weighted by atomic mass is 9.99.